The van der Waals surface area contributed by atoms with Gasteiger partial charge < -0.3 is 14.2 Å². The Hall–Kier alpha value is -0.860. The first-order valence-corrected chi connectivity index (χ1v) is 11.9. The monoisotopic (exact) mass is 407 g/mol. The molecule has 0 spiro atoms. The maximum absolute atomic E-state index is 12.1. The molecule has 4 unspecified atom stereocenters. The summed E-state index contributed by atoms with van der Waals surface area (Å²) in [5.41, 5.74) is 0. The molecule has 0 radical (unpaired) electrons. The average Bonchev–Trinajstić information content (AvgIpc) is 2.81. The number of rotatable bonds is 10. The van der Waals surface area contributed by atoms with Crippen LogP contribution < -0.4 is 4.72 Å². The van der Waals surface area contributed by atoms with E-state index < -0.39 is 22.3 Å². The van der Waals surface area contributed by atoms with Crippen LogP contribution in [0.1, 0.15) is 66.2 Å². The second-order valence-electron chi connectivity index (χ2n) is 7.91. The third kappa shape index (κ3) is 10.9. The first-order chi connectivity index (χ1) is 12.6. The van der Waals surface area contributed by atoms with Crippen molar-refractivity contribution < 1.29 is 27.4 Å². The lowest BCUT2D eigenvalue weighted by Gasteiger charge is -2.25. The highest BCUT2D eigenvalue weighted by Crippen LogP contribution is 2.27. The predicted molar refractivity (Wildman–Crippen MR) is 105 cm³/mol. The van der Waals surface area contributed by atoms with E-state index in [1.807, 2.05) is 20.8 Å². The molecule has 0 bridgehead atoms. The van der Waals surface area contributed by atoms with Gasteiger partial charge in [-0.25, -0.2) is 17.9 Å². The van der Waals surface area contributed by atoms with E-state index in [-0.39, 0.29) is 31.3 Å². The summed E-state index contributed by atoms with van der Waals surface area (Å²) >= 11 is 0. The second kappa shape index (κ2) is 11.9. The van der Waals surface area contributed by atoms with Gasteiger partial charge in [-0.3, -0.25) is 0 Å². The maximum Gasteiger partial charge on any atom is 0.508 e. The molecule has 1 aliphatic rings. The lowest BCUT2D eigenvalue weighted by atomic mass is 9.98. The van der Waals surface area contributed by atoms with Gasteiger partial charge in [0.05, 0.1) is 12.4 Å². The Morgan fingerprint density at radius 2 is 1.85 bits per heavy atom. The zero-order valence-corrected chi connectivity index (χ0v) is 18.2. The highest BCUT2D eigenvalue weighted by Gasteiger charge is 2.23. The lowest BCUT2D eigenvalue weighted by Crippen LogP contribution is -2.39. The van der Waals surface area contributed by atoms with Crippen molar-refractivity contribution in [2.75, 3.05) is 19.4 Å². The van der Waals surface area contributed by atoms with E-state index in [0.717, 1.165) is 38.4 Å². The Labute approximate surface area is 164 Å². The summed E-state index contributed by atoms with van der Waals surface area (Å²) < 4.78 is 41.6. The largest absolute Gasteiger partial charge is 0.508 e. The van der Waals surface area contributed by atoms with Gasteiger partial charge in [0.2, 0.25) is 10.0 Å². The second-order valence-corrected chi connectivity index (χ2v) is 9.74. The Morgan fingerprint density at radius 3 is 2.44 bits per heavy atom. The average molecular weight is 408 g/mol. The summed E-state index contributed by atoms with van der Waals surface area (Å²) in [6, 6.07) is 0. The maximum atomic E-state index is 12.1. The van der Waals surface area contributed by atoms with E-state index in [1.54, 1.807) is 0 Å². The number of hydrogen-bond donors (Lipinski definition) is 1. The van der Waals surface area contributed by atoms with Crippen molar-refractivity contribution in [1.82, 2.24) is 4.72 Å². The normalized spacial score (nSPS) is 23.5. The van der Waals surface area contributed by atoms with Crippen LogP contribution >= 0.6 is 0 Å². The molecule has 0 amide bonds. The van der Waals surface area contributed by atoms with Crippen molar-refractivity contribution in [1.29, 1.82) is 0 Å². The zero-order valence-electron chi connectivity index (χ0n) is 17.4. The van der Waals surface area contributed by atoms with Gasteiger partial charge in [0.25, 0.3) is 0 Å². The SMILES string of the molecule is CCC1CCCC(OC(=O)OCC(CNS(C)(=O)=O)OC(C)C(C)C)CC1. The van der Waals surface area contributed by atoms with Crippen molar-refractivity contribution >= 4 is 16.2 Å². The standard InChI is InChI=1S/C19H37NO6S/c1-6-16-8-7-9-17(11-10-16)26-19(21)24-13-18(12-20-27(5,22)23)25-15(4)14(2)3/h14-18,20H,6-13H2,1-5H3. The Kier molecular flexibility index (Phi) is 10.6. The fraction of sp³-hybridized carbons (Fsp3) is 0.947. The van der Waals surface area contributed by atoms with Gasteiger partial charge in [-0.05, 0) is 44.4 Å². The highest BCUT2D eigenvalue weighted by molar-refractivity contribution is 7.88. The minimum absolute atomic E-state index is 0.0464. The number of carbonyl (C=O) groups excluding carboxylic acids is 1. The van der Waals surface area contributed by atoms with Crippen molar-refractivity contribution in [2.24, 2.45) is 11.8 Å². The fourth-order valence-corrected chi connectivity index (χ4v) is 3.54. The van der Waals surface area contributed by atoms with E-state index in [9.17, 15) is 13.2 Å². The Balaban J connectivity index is 2.48. The molecular formula is C19H37NO6S. The molecular weight excluding hydrogens is 370 g/mol. The van der Waals surface area contributed by atoms with Crippen LogP contribution in [-0.4, -0.2) is 52.3 Å². The molecule has 4 atom stereocenters. The first-order valence-electron chi connectivity index (χ1n) is 10.0. The van der Waals surface area contributed by atoms with E-state index in [1.165, 1.54) is 6.42 Å². The number of nitrogens with one attached hydrogen (secondary N) is 1. The summed E-state index contributed by atoms with van der Waals surface area (Å²) in [4.78, 5) is 12.1. The van der Waals surface area contributed by atoms with E-state index in [2.05, 4.69) is 11.6 Å². The van der Waals surface area contributed by atoms with Gasteiger partial charge >= 0.3 is 6.16 Å². The molecule has 1 aliphatic carbocycles. The van der Waals surface area contributed by atoms with Crippen molar-refractivity contribution in [3.8, 4) is 0 Å². The molecule has 0 aromatic heterocycles. The molecule has 0 aliphatic heterocycles. The molecule has 7 nitrogen and oxygen atoms in total. The van der Waals surface area contributed by atoms with E-state index >= 15 is 0 Å². The quantitative estimate of drug-likeness (QED) is 0.440. The summed E-state index contributed by atoms with van der Waals surface area (Å²) in [5, 5.41) is 0. The van der Waals surface area contributed by atoms with Crippen LogP contribution in [0.5, 0.6) is 0 Å². The molecule has 160 valence electrons. The van der Waals surface area contributed by atoms with Crippen LogP contribution in [0.3, 0.4) is 0 Å². The number of ether oxygens (including phenoxy) is 3. The molecule has 0 aromatic rings. The first kappa shape index (κ1) is 24.2. The van der Waals surface area contributed by atoms with Crippen LogP contribution in [0.15, 0.2) is 0 Å². The van der Waals surface area contributed by atoms with Gasteiger partial charge in [-0.1, -0.05) is 33.6 Å². The topological polar surface area (TPSA) is 90.9 Å². The van der Waals surface area contributed by atoms with Crippen molar-refractivity contribution in [2.45, 2.75) is 84.5 Å². The van der Waals surface area contributed by atoms with Crippen LogP contribution in [-0.2, 0) is 24.2 Å². The number of carbonyl (C=O) groups is 1. The van der Waals surface area contributed by atoms with Gasteiger partial charge in [-0.15, -0.1) is 0 Å². The van der Waals surface area contributed by atoms with Gasteiger partial charge in [-0.2, -0.15) is 0 Å². The van der Waals surface area contributed by atoms with Gasteiger partial charge in [0.1, 0.15) is 18.8 Å². The summed E-state index contributed by atoms with van der Waals surface area (Å²) in [6.45, 7) is 8.12. The smallest absolute Gasteiger partial charge is 0.431 e. The molecule has 27 heavy (non-hydrogen) atoms. The summed E-state index contributed by atoms with van der Waals surface area (Å²) in [6.07, 6.45) is 5.84. The van der Waals surface area contributed by atoms with Crippen LogP contribution in [0.2, 0.25) is 0 Å². The molecule has 8 heteroatoms. The number of sulfonamides is 1. The third-order valence-electron chi connectivity index (χ3n) is 5.18. The number of hydrogen-bond acceptors (Lipinski definition) is 6. The van der Waals surface area contributed by atoms with Crippen LogP contribution in [0.4, 0.5) is 4.79 Å². The fourth-order valence-electron chi connectivity index (χ4n) is 3.05. The molecule has 0 aromatic carbocycles. The zero-order chi connectivity index (χ0) is 20.4. The van der Waals surface area contributed by atoms with Crippen LogP contribution in [0, 0.1) is 11.8 Å². The van der Waals surface area contributed by atoms with Gasteiger partial charge in [0.15, 0.2) is 0 Å². The summed E-state index contributed by atoms with van der Waals surface area (Å²) in [5.74, 6) is 0.974. The molecule has 1 saturated carbocycles. The molecule has 1 N–H and O–H groups in total. The van der Waals surface area contributed by atoms with Gasteiger partial charge in [0, 0.05) is 6.54 Å². The Bertz CT molecular complexity index is 536. The third-order valence-corrected chi connectivity index (χ3v) is 5.87. The van der Waals surface area contributed by atoms with Crippen molar-refractivity contribution in [3.05, 3.63) is 0 Å². The van der Waals surface area contributed by atoms with Crippen molar-refractivity contribution in [3.63, 3.8) is 0 Å². The van der Waals surface area contributed by atoms with E-state index in [0.29, 0.717) is 5.92 Å². The molecule has 1 rings (SSSR count). The minimum atomic E-state index is -3.35. The Morgan fingerprint density at radius 1 is 1.15 bits per heavy atom. The van der Waals surface area contributed by atoms with Crippen LogP contribution in [0.25, 0.3) is 0 Å². The minimum Gasteiger partial charge on any atom is -0.431 e. The highest BCUT2D eigenvalue weighted by atomic mass is 32.2. The molecule has 1 fully saturated rings. The molecule has 0 saturated heterocycles. The summed E-state index contributed by atoms with van der Waals surface area (Å²) in [7, 11) is -3.35. The molecule has 0 heterocycles. The lowest BCUT2D eigenvalue weighted by molar-refractivity contribution is -0.0631. The van der Waals surface area contributed by atoms with E-state index in [4.69, 9.17) is 14.2 Å². The predicted octanol–water partition coefficient (Wildman–Crippen LogP) is 3.48.